The molecule has 2 heterocycles. The molecule has 0 aliphatic carbocycles. The van der Waals surface area contributed by atoms with Gasteiger partial charge in [0.1, 0.15) is 5.01 Å². The van der Waals surface area contributed by atoms with Crippen molar-refractivity contribution in [1.29, 1.82) is 0 Å². The molecule has 1 fully saturated rings. The van der Waals surface area contributed by atoms with E-state index in [0.29, 0.717) is 11.7 Å². The molecular weight excluding hydrogens is 288 g/mol. The Labute approximate surface area is 129 Å². The Morgan fingerprint density at radius 3 is 2.81 bits per heavy atom. The Hall–Kier alpha value is -1.05. The van der Waals surface area contributed by atoms with E-state index in [-0.39, 0.29) is 24.0 Å². The van der Waals surface area contributed by atoms with E-state index in [1.807, 2.05) is 4.90 Å². The first kappa shape index (κ1) is 16.3. The molecule has 1 aromatic heterocycles. The van der Waals surface area contributed by atoms with Crippen LogP contribution in [0, 0.1) is 0 Å². The number of aromatic nitrogens is 2. The summed E-state index contributed by atoms with van der Waals surface area (Å²) in [5, 5.41) is 21.8. The number of aliphatic hydroxyl groups excluding tert-OH is 1. The van der Waals surface area contributed by atoms with Crippen LogP contribution in [0.25, 0.3) is 0 Å². The molecule has 21 heavy (non-hydrogen) atoms. The molecule has 2 N–H and O–H groups in total. The third-order valence-electron chi connectivity index (χ3n) is 3.62. The molecule has 0 radical (unpaired) electrons. The van der Waals surface area contributed by atoms with Crippen LogP contribution in [0.1, 0.15) is 45.0 Å². The summed E-state index contributed by atoms with van der Waals surface area (Å²) < 4.78 is 0. The van der Waals surface area contributed by atoms with E-state index in [1.165, 1.54) is 11.3 Å². The smallest absolute Gasteiger partial charge is 0.240 e. The summed E-state index contributed by atoms with van der Waals surface area (Å²) in [5.41, 5.74) is -0.0600. The van der Waals surface area contributed by atoms with E-state index in [9.17, 15) is 9.90 Å². The maximum atomic E-state index is 12.1. The van der Waals surface area contributed by atoms with Crippen LogP contribution in [-0.2, 0) is 10.2 Å². The van der Waals surface area contributed by atoms with Crippen LogP contribution in [0.3, 0.4) is 0 Å². The SMILES string of the molecule is CC(C)(C)c1nnc(NC(=O)CN2CCCC[C@@H]2CO)s1. The van der Waals surface area contributed by atoms with Crippen LogP contribution in [0.15, 0.2) is 0 Å². The van der Waals surface area contributed by atoms with Crippen molar-refractivity contribution in [3.05, 3.63) is 5.01 Å². The Kier molecular flexibility index (Phi) is 5.29. The van der Waals surface area contributed by atoms with Gasteiger partial charge in [-0.2, -0.15) is 0 Å². The highest BCUT2D eigenvalue weighted by molar-refractivity contribution is 7.15. The summed E-state index contributed by atoms with van der Waals surface area (Å²) in [5.74, 6) is -0.0908. The fraction of sp³-hybridized carbons (Fsp3) is 0.786. The highest BCUT2D eigenvalue weighted by atomic mass is 32.1. The molecule has 0 spiro atoms. The lowest BCUT2D eigenvalue weighted by molar-refractivity contribution is -0.118. The molecule has 1 aliphatic rings. The topological polar surface area (TPSA) is 78.4 Å². The van der Waals surface area contributed by atoms with Crippen molar-refractivity contribution in [3.63, 3.8) is 0 Å². The molecule has 1 saturated heterocycles. The molecule has 6 nitrogen and oxygen atoms in total. The Morgan fingerprint density at radius 1 is 1.43 bits per heavy atom. The summed E-state index contributed by atoms with van der Waals surface area (Å²) in [4.78, 5) is 14.2. The number of likely N-dealkylation sites (tertiary alicyclic amines) is 1. The molecule has 1 atom stereocenters. The third kappa shape index (κ3) is 4.46. The molecule has 2 rings (SSSR count). The number of aliphatic hydroxyl groups is 1. The third-order valence-corrected chi connectivity index (χ3v) is 4.88. The van der Waals surface area contributed by atoms with Gasteiger partial charge in [-0.05, 0) is 19.4 Å². The summed E-state index contributed by atoms with van der Waals surface area (Å²) in [7, 11) is 0. The van der Waals surface area contributed by atoms with E-state index < -0.39 is 0 Å². The molecular formula is C14H24N4O2S. The van der Waals surface area contributed by atoms with Crippen molar-refractivity contribution in [1.82, 2.24) is 15.1 Å². The number of nitrogens with one attached hydrogen (secondary N) is 1. The van der Waals surface area contributed by atoms with Gasteiger partial charge in [-0.3, -0.25) is 15.0 Å². The Balaban J connectivity index is 1.91. The van der Waals surface area contributed by atoms with Crippen LogP contribution in [-0.4, -0.2) is 51.8 Å². The molecule has 0 unspecified atom stereocenters. The lowest BCUT2D eigenvalue weighted by Crippen LogP contribution is -2.45. The monoisotopic (exact) mass is 312 g/mol. The number of anilines is 1. The first-order chi connectivity index (χ1) is 9.90. The van der Waals surface area contributed by atoms with Crippen molar-refractivity contribution in [2.75, 3.05) is 25.0 Å². The first-order valence-corrected chi connectivity index (χ1v) is 8.20. The summed E-state index contributed by atoms with van der Waals surface area (Å²) in [6.07, 6.45) is 3.15. The fourth-order valence-corrected chi connectivity index (χ4v) is 3.21. The molecule has 7 heteroatoms. The summed E-state index contributed by atoms with van der Waals surface area (Å²) in [6.45, 7) is 7.48. The van der Waals surface area contributed by atoms with E-state index >= 15 is 0 Å². The van der Waals surface area contributed by atoms with Gasteiger partial charge in [-0.25, -0.2) is 0 Å². The number of carbonyl (C=O) groups is 1. The van der Waals surface area contributed by atoms with Gasteiger partial charge < -0.3 is 5.11 Å². The predicted octanol–water partition coefficient (Wildman–Crippen LogP) is 1.62. The standard InChI is InChI=1S/C14H24N4O2S/c1-14(2,3)12-16-17-13(21-12)15-11(20)8-18-7-5-4-6-10(18)9-19/h10,19H,4-9H2,1-3H3,(H,15,17,20)/t10-/m1/s1. The average molecular weight is 312 g/mol. The lowest BCUT2D eigenvalue weighted by Gasteiger charge is -2.33. The number of amides is 1. The maximum absolute atomic E-state index is 12.1. The second-order valence-corrected chi connectivity index (χ2v) is 7.49. The zero-order chi connectivity index (χ0) is 15.5. The number of hydrogen-bond donors (Lipinski definition) is 2. The second kappa shape index (κ2) is 6.81. The highest BCUT2D eigenvalue weighted by Gasteiger charge is 2.24. The van der Waals surface area contributed by atoms with Crippen molar-refractivity contribution in [2.24, 2.45) is 0 Å². The summed E-state index contributed by atoms with van der Waals surface area (Å²) >= 11 is 1.41. The van der Waals surface area contributed by atoms with Gasteiger partial charge in [0.25, 0.3) is 0 Å². The maximum Gasteiger partial charge on any atom is 0.240 e. The van der Waals surface area contributed by atoms with Gasteiger partial charge in [-0.1, -0.05) is 38.5 Å². The lowest BCUT2D eigenvalue weighted by atomic mass is 9.98. The fourth-order valence-electron chi connectivity index (χ4n) is 2.40. The van der Waals surface area contributed by atoms with Crippen molar-refractivity contribution < 1.29 is 9.90 Å². The number of hydrogen-bond acceptors (Lipinski definition) is 6. The molecule has 1 aliphatic heterocycles. The normalized spacial score (nSPS) is 20.5. The van der Waals surface area contributed by atoms with Gasteiger partial charge in [0.05, 0.1) is 13.2 Å². The minimum absolute atomic E-state index is 0.0600. The van der Waals surface area contributed by atoms with E-state index in [0.717, 1.165) is 30.8 Å². The van der Waals surface area contributed by atoms with E-state index in [1.54, 1.807) is 0 Å². The quantitative estimate of drug-likeness (QED) is 0.883. The Bertz CT molecular complexity index is 484. The number of nitrogens with zero attached hydrogens (tertiary/aromatic N) is 3. The first-order valence-electron chi connectivity index (χ1n) is 7.39. The largest absolute Gasteiger partial charge is 0.395 e. The van der Waals surface area contributed by atoms with Crippen LogP contribution >= 0.6 is 11.3 Å². The molecule has 1 aromatic rings. The van der Waals surface area contributed by atoms with Crippen molar-refractivity contribution >= 4 is 22.4 Å². The number of piperidine rings is 1. The van der Waals surface area contributed by atoms with Gasteiger partial charge in [0.2, 0.25) is 11.0 Å². The minimum atomic E-state index is -0.0908. The van der Waals surface area contributed by atoms with Gasteiger partial charge >= 0.3 is 0 Å². The van der Waals surface area contributed by atoms with E-state index in [4.69, 9.17) is 0 Å². The zero-order valence-electron chi connectivity index (χ0n) is 12.9. The highest BCUT2D eigenvalue weighted by Crippen LogP contribution is 2.27. The second-order valence-electron chi connectivity index (χ2n) is 6.51. The van der Waals surface area contributed by atoms with Crippen LogP contribution in [0.5, 0.6) is 0 Å². The molecule has 0 saturated carbocycles. The summed E-state index contributed by atoms with van der Waals surface area (Å²) in [6, 6.07) is 0.101. The van der Waals surface area contributed by atoms with Crippen molar-refractivity contribution in [2.45, 2.75) is 51.5 Å². The van der Waals surface area contributed by atoms with E-state index in [2.05, 4.69) is 36.3 Å². The minimum Gasteiger partial charge on any atom is -0.395 e. The Morgan fingerprint density at radius 2 is 2.19 bits per heavy atom. The average Bonchev–Trinajstić information content (AvgIpc) is 2.87. The van der Waals surface area contributed by atoms with Gasteiger partial charge in [-0.15, -0.1) is 10.2 Å². The molecule has 1 amide bonds. The van der Waals surface area contributed by atoms with Gasteiger partial charge in [0, 0.05) is 11.5 Å². The molecule has 118 valence electrons. The molecule has 0 bridgehead atoms. The van der Waals surface area contributed by atoms with Crippen molar-refractivity contribution in [3.8, 4) is 0 Å². The zero-order valence-corrected chi connectivity index (χ0v) is 13.7. The van der Waals surface area contributed by atoms with Gasteiger partial charge in [0.15, 0.2) is 0 Å². The molecule has 0 aromatic carbocycles. The number of carbonyl (C=O) groups excluding carboxylic acids is 1. The predicted molar refractivity (Wildman–Crippen MR) is 83.5 cm³/mol. The van der Waals surface area contributed by atoms with Crippen LogP contribution < -0.4 is 5.32 Å². The van der Waals surface area contributed by atoms with Crippen LogP contribution in [0.4, 0.5) is 5.13 Å². The van der Waals surface area contributed by atoms with Crippen LogP contribution in [0.2, 0.25) is 0 Å². The number of rotatable bonds is 4.